The third-order valence-electron chi connectivity index (χ3n) is 5.13. The summed E-state index contributed by atoms with van der Waals surface area (Å²) in [5.74, 6) is -0.0787. The molecule has 10 heteroatoms. The molecule has 0 radical (unpaired) electrons. The SMILES string of the molecule is Cc1noc(C)c1C(=O)N1CCC[C@@H](c2nc(-c3cccs3)cc(C(F)(F)F)n2)C1. The summed E-state index contributed by atoms with van der Waals surface area (Å²) in [5, 5.41) is 5.60. The van der Waals surface area contributed by atoms with Crippen LogP contribution < -0.4 is 0 Å². The van der Waals surface area contributed by atoms with Crippen molar-refractivity contribution < 1.29 is 22.5 Å². The maximum Gasteiger partial charge on any atom is 0.433 e. The molecular weight excluding hydrogens is 417 g/mol. The van der Waals surface area contributed by atoms with E-state index in [-0.39, 0.29) is 29.9 Å². The van der Waals surface area contributed by atoms with Gasteiger partial charge in [0.2, 0.25) is 0 Å². The van der Waals surface area contributed by atoms with E-state index in [9.17, 15) is 18.0 Å². The Bertz CT molecular complexity index is 1040. The lowest BCUT2D eigenvalue weighted by Gasteiger charge is -2.32. The summed E-state index contributed by atoms with van der Waals surface area (Å²) in [7, 11) is 0. The summed E-state index contributed by atoms with van der Waals surface area (Å²) in [6, 6.07) is 4.47. The number of rotatable bonds is 3. The number of aromatic nitrogens is 3. The summed E-state index contributed by atoms with van der Waals surface area (Å²) in [6.07, 6.45) is -3.32. The highest BCUT2D eigenvalue weighted by Crippen LogP contribution is 2.34. The number of likely N-dealkylation sites (tertiary alicyclic amines) is 1. The van der Waals surface area contributed by atoms with Gasteiger partial charge >= 0.3 is 6.18 Å². The van der Waals surface area contributed by atoms with E-state index in [2.05, 4.69) is 15.1 Å². The summed E-state index contributed by atoms with van der Waals surface area (Å²) in [5.41, 5.74) is 0.177. The van der Waals surface area contributed by atoms with Gasteiger partial charge in [-0.1, -0.05) is 11.2 Å². The fourth-order valence-electron chi connectivity index (χ4n) is 3.66. The van der Waals surface area contributed by atoms with Crippen LogP contribution in [0.5, 0.6) is 0 Å². The molecule has 0 saturated carbocycles. The quantitative estimate of drug-likeness (QED) is 0.587. The molecule has 0 N–H and O–H groups in total. The third-order valence-corrected chi connectivity index (χ3v) is 6.02. The predicted molar refractivity (Wildman–Crippen MR) is 104 cm³/mol. The third kappa shape index (κ3) is 3.96. The topological polar surface area (TPSA) is 72.1 Å². The number of thiophene rings is 1. The van der Waals surface area contributed by atoms with E-state index in [0.29, 0.717) is 41.3 Å². The minimum absolute atomic E-state index is 0.115. The van der Waals surface area contributed by atoms with Crippen LogP contribution in [0.2, 0.25) is 0 Å². The van der Waals surface area contributed by atoms with Gasteiger partial charge in [0.25, 0.3) is 5.91 Å². The van der Waals surface area contributed by atoms with Crippen LogP contribution in [-0.2, 0) is 6.18 Å². The van der Waals surface area contributed by atoms with Crippen LogP contribution in [0.4, 0.5) is 13.2 Å². The van der Waals surface area contributed by atoms with Crippen LogP contribution in [0.3, 0.4) is 0 Å². The first-order valence-electron chi connectivity index (χ1n) is 9.46. The Labute approximate surface area is 174 Å². The Kier molecular flexibility index (Phi) is 5.35. The van der Waals surface area contributed by atoms with Gasteiger partial charge in [0.1, 0.15) is 22.8 Å². The fraction of sp³-hybridized carbons (Fsp3) is 0.400. The van der Waals surface area contributed by atoms with Gasteiger partial charge < -0.3 is 9.42 Å². The smallest absolute Gasteiger partial charge is 0.361 e. The second-order valence-corrected chi connectivity index (χ2v) is 8.21. The molecule has 1 amide bonds. The van der Waals surface area contributed by atoms with Gasteiger partial charge in [-0.25, -0.2) is 9.97 Å². The normalized spacial score (nSPS) is 17.4. The zero-order chi connectivity index (χ0) is 21.5. The molecule has 1 aliphatic heterocycles. The van der Waals surface area contributed by atoms with Crippen molar-refractivity contribution in [2.45, 2.75) is 38.8 Å². The van der Waals surface area contributed by atoms with E-state index >= 15 is 0 Å². The van der Waals surface area contributed by atoms with Crippen LogP contribution in [0.25, 0.3) is 10.6 Å². The number of carbonyl (C=O) groups excluding carboxylic acids is 1. The number of halogens is 3. The minimum Gasteiger partial charge on any atom is -0.361 e. The lowest BCUT2D eigenvalue weighted by atomic mass is 9.96. The summed E-state index contributed by atoms with van der Waals surface area (Å²) in [4.78, 5) is 23.5. The molecule has 1 saturated heterocycles. The average Bonchev–Trinajstić information content (AvgIpc) is 3.37. The maximum absolute atomic E-state index is 13.5. The number of amides is 1. The Morgan fingerprint density at radius 1 is 1.30 bits per heavy atom. The van der Waals surface area contributed by atoms with Gasteiger partial charge in [0, 0.05) is 19.0 Å². The fourth-order valence-corrected chi connectivity index (χ4v) is 4.35. The summed E-state index contributed by atoms with van der Waals surface area (Å²) >= 11 is 1.32. The van der Waals surface area contributed by atoms with Gasteiger partial charge in [-0.3, -0.25) is 4.79 Å². The molecule has 0 aromatic carbocycles. The molecule has 1 aliphatic rings. The van der Waals surface area contributed by atoms with E-state index in [1.165, 1.54) is 11.3 Å². The molecule has 6 nitrogen and oxygen atoms in total. The molecule has 1 atom stereocenters. The molecular formula is C20H19F3N4O2S. The maximum atomic E-state index is 13.5. The highest BCUT2D eigenvalue weighted by Gasteiger charge is 2.36. The predicted octanol–water partition coefficient (Wildman–Crippen LogP) is 4.85. The molecule has 4 heterocycles. The molecule has 0 spiro atoms. The van der Waals surface area contributed by atoms with Crippen molar-refractivity contribution in [1.82, 2.24) is 20.0 Å². The molecule has 30 heavy (non-hydrogen) atoms. The lowest BCUT2D eigenvalue weighted by molar-refractivity contribution is -0.141. The van der Waals surface area contributed by atoms with Crippen molar-refractivity contribution in [2.24, 2.45) is 0 Å². The Balaban J connectivity index is 1.66. The van der Waals surface area contributed by atoms with Crippen LogP contribution in [0, 0.1) is 13.8 Å². The largest absolute Gasteiger partial charge is 0.433 e. The van der Waals surface area contributed by atoms with E-state index in [1.807, 2.05) is 0 Å². The molecule has 0 unspecified atom stereocenters. The second-order valence-electron chi connectivity index (χ2n) is 7.26. The van der Waals surface area contributed by atoms with Gasteiger partial charge in [-0.15, -0.1) is 11.3 Å². The zero-order valence-electron chi connectivity index (χ0n) is 16.4. The van der Waals surface area contributed by atoms with Crippen LogP contribution in [0.15, 0.2) is 28.1 Å². The number of hydrogen-bond donors (Lipinski definition) is 0. The number of aryl methyl sites for hydroxylation is 2. The van der Waals surface area contributed by atoms with Crippen molar-refractivity contribution in [2.75, 3.05) is 13.1 Å². The Morgan fingerprint density at radius 2 is 2.10 bits per heavy atom. The molecule has 0 aliphatic carbocycles. The van der Waals surface area contributed by atoms with Crippen LogP contribution >= 0.6 is 11.3 Å². The molecule has 0 bridgehead atoms. The van der Waals surface area contributed by atoms with Crippen molar-refractivity contribution >= 4 is 17.2 Å². The average molecular weight is 436 g/mol. The first kappa shape index (κ1) is 20.5. The minimum atomic E-state index is -4.58. The monoisotopic (exact) mass is 436 g/mol. The molecule has 3 aromatic rings. The number of nitrogens with zero attached hydrogens (tertiary/aromatic N) is 4. The second kappa shape index (κ2) is 7.82. The van der Waals surface area contributed by atoms with Crippen molar-refractivity contribution in [1.29, 1.82) is 0 Å². The Hall–Kier alpha value is -2.75. The van der Waals surface area contributed by atoms with Gasteiger partial charge in [0.15, 0.2) is 0 Å². The van der Waals surface area contributed by atoms with Crippen LogP contribution in [-0.4, -0.2) is 39.0 Å². The van der Waals surface area contributed by atoms with Crippen LogP contribution in [0.1, 0.15) is 52.1 Å². The van der Waals surface area contributed by atoms with Gasteiger partial charge in [0.05, 0.1) is 16.3 Å². The summed E-state index contributed by atoms with van der Waals surface area (Å²) in [6.45, 7) is 4.11. The van der Waals surface area contributed by atoms with Crippen molar-refractivity contribution in [3.63, 3.8) is 0 Å². The number of hydrogen-bond acceptors (Lipinski definition) is 6. The summed E-state index contributed by atoms with van der Waals surface area (Å²) < 4.78 is 45.5. The molecule has 1 fully saturated rings. The van der Waals surface area contributed by atoms with E-state index in [1.54, 1.807) is 36.3 Å². The standard InChI is InChI=1S/C20H19F3N4O2S/c1-11-17(12(2)29-26-11)19(28)27-7-3-5-13(10-27)18-24-14(15-6-4-8-30-15)9-16(25-18)20(21,22)23/h4,6,8-9,13H,3,5,7,10H2,1-2H3/t13-/m1/s1. The van der Waals surface area contributed by atoms with Crippen molar-refractivity contribution in [3.05, 3.63) is 52.1 Å². The number of piperidine rings is 1. The lowest BCUT2D eigenvalue weighted by Crippen LogP contribution is -2.40. The van der Waals surface area contributed by atoms with Crippen molar-refractivity contribution in [3.8, 4) is 10.6 Å². The molecule has 158 valence electrons. The molecule has 3 aromatic heterocycles. The highest BCUT2D eigenvalue weighted by molar-refractivity contribution is 7.13. The van der Waals surface area contributed by atoms with Gasteiger partial charge in [-0.2, -0.15) is 13.2 Å². The first-order chi connectivity index (χ1) is 14.2. The highest BCUT2D eigenvalue weighted by atomic mass is 32.1. The number of carbonyl (C=O) groups is 1. The first-order valence-corrected chi connectivity index (χ1v) is 10.3. The van der Waals surface area contributed by atoms with E-state index in [0.717, 1.165) is 6.07 Å². The Morgan fingerprint density at radius 3 is 2.73 bits per heavy atom. The molecule has 4 rings (SSSR count). The van der Waals surface area contributed by atoms with E-state index in [4.69, 9.17) is 4.52 Å². The van der Waals surface area contributed by atoms with E-state index < -0.39 is 11.9 Å². The zero-order valence-corrected chi connectivity index (χ0v) is 17.2. The number of alkyl halides is 3. The van der Waals surface area contributed by atoms with Gasteiger partial charge in [-0.05, 0) is 44.2 Å².